The molecule has 0 aliphatic rings. The van der Waals surface area contributed by atoms with Crippen LogP contribution in [-0.4, -0.2) is 6.91 Å². The third kappa shape index (κ3) is 7.67. The third-order valence-electron chi connectivity index (χ3n) is 2.91. The van der Waals surface area contributed by atoms with Gasteiger partial charge in [-0.2, -0.15) is 0 Å². The van der Waals surface area contributed by atoms with Crippen molar-refractivity contribution in [2.45, 2.75) is 65.7 Å². The quantitative estimate of drug-likeness (QED) is 0.541. The van der Waals surface area contributed by atoms with Crippen LogP contribution in [0.1, 0.15) is 64.8 Å². The Morgan fingerprint density at radius 1 is 0.938 bits per heavy atom. The molecule has 90 valence electrons. The van der Waals surface area contributed by atoms with Gasteiger partial charge >= 0.3 is 94.8 Å². The van der Waals surface area contributed by atoms with Crippen LogP contribution >= 0.6 is 0 Å². The summed E-state index contributed by atoms with van der Waals surface area (Å²) in [6, 6.07) is 6.46. The Kier molecular flexibility index (Phi) is 10.5. The molecule has 0 amide bonds. The van der Waals surface area contributed by atoms with E-state index in [0.717, 1.165) is 0 Å². The Bertz CT molecular complexity index is 230. The molecule has 1 heterocycles. The van der Waals surface area contributed by atoms with Gasteiger partial charge < -0.3 is 0 Å². The fourth-order valence-corrected chi connectivity index (χ4v) is 1.93. The van der Waals surface area contributed by atoms with Crippen molar-refractivity contribution in [2.24, 2.45) is 0 Å². The predicted molar refractivity (Wildman–Crippen MR) is 76.2 cm³/mol. The molecule has 0 fully saturated rings. The maximum atomic E-state index is 2.27. The zero-order valence-electron chi connectivity index (χ0n) is 10.0. The van der Waals surface area contributed by atoms with Crippen LogP contribution in [0.15, 0.2) is 24.2 Å². The topological polar surface area (TPSA) is 0 Å². The second-order valence-corrected chi connectivity index (χ2v) is 4.36. The molecule has 0 aliphatic heterocycles. The van der Waals surface area contributed by atoms with Crippen LogP contribution in [0, 0.1) is 0 Å². The third-order valence-corrected chi connectivity index (χ3v) is 2.91. The molecule has 0 atom stereocenters. The van der Waals surface area contributed by atoms with Crippen molar-refractivity contribution < 1.29 is 0 Å². The van der Waals surface area contributed by atoms with Gasteiger partial charge in [-0.1, -0.05) is 7.43 Å². The van der Waals surface area contributed by atoms with Crippen LogP contribution in [0.3, 0.4) is 0 Å². The van der Waals surface area contributed by atoms with Gasteiger partial charge in [0.05, 0.1) is 0 Å². The Balaban J connectivity index is 0.00000225. The van der Waals surface area contributed by atoms with Gasteiger partial charge in [-0.3, -0.25) is 0 Å². The van der Waals surface area contributed by atoms with Crippen LogP contribution < -0.4 is 0 Å². The van der Waals surface area contributed by atoms with Crippen LogP contribution in [-0.2, 0) is 6.42 Å². The molecule has 0 spiro atoms. The summed E-state index contributed by atoms with van der Waals surface area (Å²) in [6.45, 7) is 4.51. The van der Waals surface area contributed by atoms with Crippen LogP contribution in [0.5, 0.6) is 0 Å². The first-order valence-corrected chi connectivity index (χ1v) is 6.47. The summed E-state index contributed by atoms with van der Waals surface area (Å²) in [6.07, 6.45) is 11.1. The summed E-state index contributed by atoms with van der Waals surface area (Å²) < 4.78 is 0. The van der Waals surface area contributed by atoms with Gasteiger partial charge in [0.25, 0.3) is 0 Å². The molecule has 0 nitrogen and oxygen atoms in total. The van der Waals surface area contributed by atoms with Gasteiger partial charge in [-0.15, -0.1) is 0 Å². The molecule has 1 heteroatoms. The summed E-state index contributed by atoms with van der Waals surface area (Å²) in [7, 11) is 0. The van der Waals surface area contributed by atoms with E-state index >= 15 is 0 Å². The van der Waals surface area contributed by atoms with E-state index in [1.54, 1.807) is 0 Å². The van der Waals surface area contributed by atoms with Gasteiger partial charge in [0.1, 0.15) is 0 Å². The average molecular weight is 218 g/mol. The molecule has 0 radical (unpaired) electrons. The first-order valence-electron chi connectivity index (χ1n) is 6.47. The molecule has 1 aromatic rings. The second kappa shape index (κ2) is 10.9. The number of aryl methyl sites for hydroxylation is 1. The van der Waals surface area contributed by atoms with Crippen molar-refractivity contribution in [3.63, 3.8) is 0 Å². The molecule has 16 heavy (non-hydrogen) atoms. The molecule has 0 unspecified atom stereocenters. The molecule has 1 aromatic heterocycles. The summed E-state index contributed by atoms with van der Waals surface area (Å²) in [5.74, 6) is 2.14. The second-order valence-electron chi connectivity index (χ2n) is 4.36. The summed E-state index contributed by atoms with van der Waals surface area (Å²) in [5, 5.41) is 0. The van der Waals surface area contributed by atoms with E-state index in [1.165, 1.54) is 56.8 Å². The van der Waals surface area contributed by atoms with Crippen molar-refractivity contribution in [2.75, 3.05) is 0 Å². The van der Waals surface area contributed by atoms with E-state index in [-0.39, 0.29) is 7.43 Å². The number of hydrogen-bond acceptors (Lipinski definition) is 0. The maximum absolute atomic E-state index is 2.27. The minimum absolute atomic E-state index is 0. The molecule has 0 aromatic carbocycles. The molecule has 1 rings (SSSR count). The van der Waals surface area contributed by atoms with Crippen LogP contribution in [0.4, 0.5) is 0 Å². The summed E-state index contributed by atoms with van der Waals surface area (Å²) in [4.78, 5) is 0. The standard InChI is InChI=1S/C14H23B.CH4/c1-2-3-4-5-6-7-8-11-14-12-9-10-13-15-14;/h9-10,12-13H,2-8,11H2,1H3;1H4. The van der Waals surface area contributed by atoms with Crippen LogP contribution in [0.2, 0.25) is 0 Å². The first kappa shape index (κ1) is 15.4. The number of hydrogen-bond donors (Lipinski definition) is 0. The SMILES string of the molecule is C.CCCCCCCCCc1bcccc1. The molecule has 0 saturated carbocycles. The van der Waals surface area contributed by atoms with Gasteiger partial charge in [0.15, 0.2) is 0 Å². The summed E-state index contributed by atoms with van der Waals surface area (Å²) in [5.41, 5.74) is 1.49. The van der Waals surface area contributed by atoms with Gasteiger partial charge in [-0.25, -0.2) is 0 Å². The molecular formula is C15H27B. The van der Waals surface area contributed by atoms with Crippen LogP contribution in [0.25, 0.3) is 0 Å². The van der Waals surface area contributed by atoms with Crippen molar-refractivity contribution in [3.8, 4) is 0 Å². The van der Waals surface area contributed by atoms with E-state index < -0.39 is 0 Å². The predicted octanol–water partition coefficient (Wildman–Crippen LogP) is 4.95. The monoisotopic (exact) mass is 218 g/mol. The Morgan fingerprint density at radius 2 is 1.62 bits per heavy atom. The average Bonchev–Trinajstić information content (AvgIpc) is 2.29. The summed E-state index contributed by atoms with van der Waals surface area (Å²) >= 11 is 0. The van der Waals surface area contributed by atoms with E-state index in [9.17, 15) is 0 Å². The minimum atomic E-state index is 0. The number of unbranched alkanes of at least 4 members (excludes halogenated alkanes) is 6. The molecule has 0 aliphatic carbocycles. The fraction of sp³-hybridized carbons (Fsp3) is 0.667. The first-order chi connectivity index (χ1) is 7.43. The van der Waals surface area contributed by atoms with Gasteiger partial charge in [0, 0.05) is 0 Å². The number of rotatable bonds is 8. The van der Waals surface area contributed by atoms with Crippen molar-refractivity contribution in [3.05, 3.63) is 29.6 Å². The van der Waals surface area contributed by atoms with E-state index in [2.05, 4.69) is 38.0 Å². The van der Waals surface area contributed by atoms with E-state index in [4.69, 9.17) is 0 Å². The van der Waals surface area contributed by atoms with E-state index in [1.807, 2.05) is 0 Å². The Morgan fingerprint density at radius 3 is 2.25 bits per heavy atom. The molecular weight excluding hydrogens is 191 g/mol. The van der Waals surface area contributed by atoms with Gasteiger partial charge in [0.2, 0.25) is 0 Å². The Hall–Kier alpha value is -0.585. The van der Waals surface area contributed by atoms with Crippen molar-refractivity contribution in [1.29, 1.82) is 0 Å². The van der Waals surface area contributed by atoms with Gasteiger partial charge in [-0.05, 0) is 0 Å². The zero-order valence-corrected chi connectivity index (χ0v) is 10.0. The zero-order chi connectivity index (χ0) is 10.8. The molecule has 0 bridgehead atoms. The fourth-order valence-electron chi connectivity index (χ4n) is 1.93. The van der Waals surface area contributed by atoms with E-state index in [0.29, 0.717) is 0 Å². The molecule has 0 saturated heterocycles. The molecule has 0 N–H and O–H groups in total. The Labute approximate surface area is 103 Å². The van der Waals surface area contributed by atoms with Crippen molar-refractivity contribution >= 4 is 6.91 Å². The van der Waals surface area contributed by atoms with Crippen molar-refractivity contribution in [1.82, 2.24) is 0 Å². The normalized spacial score (nSPS) is 9.56.